The smallest absolute Gasteiger partial charge is 0.126 e. The normalized spacial score (nSPS) is 10.6. The summed E-state index contributed by atoms with van der Waals surface area (Å²) in [6.07, 6.45) is 1.77. The third-order valence-electron chi connectivity index (χ3n) is 1.56. The molecule has 1 N–H and O–H groups in total. The van der Waals surface area contributed by atoms with E-state index in [4.69, 9.17) is 4.74 Å². The van der Waals surface area contributed by atoms with E-state index in [1.165, 1.54) is 0 Å². The number of hydrogen-bond acceptors (Lipinski definition) is 2. The van der Waals surface area contributed by atoms with Crippen molar-refractivity contribution in [2.24, 2.45) is 0 Å². The molecule has 0 spiro atoms. The zero-order chi connectivity index (χ0) is 9.68. The number of halogens is 1. The molecule has 0 aliphatic carbocycles. The Labute approximate surface area is 86.0 Å². The fourth-order valence-electron chi connectivity index (χ4n) is 0.989. The van der Waals surface area contributed by atoms with Gasteiger partial charge in [-0.2, -0.15) is 0 Å². The number of rotatable bonds is 3. The van der Waals surface area contributed by atoms with Crippen LogP contribution in [-0.4, -0.2) is 11.7 Å². The summed E-state index contributed by atoms with van der Waals surface area (Å²) in [6.45, 7) is 2.51. The molecule has 2 nitrogen and oxygen atoms in total. The summed E-state index contributed by atoms with van der Waals surface area (Å²) in [5.41, 5.74) is 0.764. The summed E-state index contributed by atoms with van der Waals surface area (Å²) >= 11 is 3.15. The van der Waals surface area contributed by atoms with Crippen LogP contribution in [0.4, 0.5) is 0 Å². The van der Waals surface area contributed by atoms with Crippen molar-refractivity contribution in [3.63, 3.8) is 0 Å². The van der Waals surface area contributed by atoms with E-state index < -0.39 is 0 Å². The summed E-state index contributed by atoms with van der Waals surface area (Å²) in [5, 5.41) is 9.50. The van der Waals surface area contributed by atoms with Gasteiger partial charge in [0.1, 0.15) is 11.5 Å². The summed E-state index contributed by atoms with van der Waals surface area (Å²) in [6, 6.07) is 5.23. The Hall–Kier alpha value is -0.960. The van der Waals surface area contributed by atoms with E-state index in [1.54, 1.807) is 23.2 Å². The van der Waals surface area contributed by atoms with Gasteiger partial charge in [-0.15, -0.1) is 0 Å². The second-order valence-corrected chi connectivity index (χ2v) is 2.97. The summed E-state index contributed by atoms with van der Waals surface area (Å²) < 4.78 is 5.22. The predicted octanol–water partition coefficient (Wildman–Crippen LogP) is 3.16. The van der Waals surface area contributed by atoms with Crippen LogP contribution in [0, 0.1) is 0 Å². The van der Waals surface area contributed by atoms with Gasteiger partial charge in [0.2, 0.25) is 0 Å². The quantitative estimate of drug-likeness (QED) is 0.883. The number of benzene rings is 1. The van der Waals surface area contributed by atoms with Gasteiger partial charge in [0, 0.05) is 11.6 Å². The van der Waals surface area contributed by atoms with Crippen molar-refractivity contribution in [2.45, 2.75) is 6.92 Å². The van der Waals surface area contributed by atoms with Gasteiger partial charge in [-0.25, -0.2) is 0 Å². The molecular formula is C10H11BrO2. The van der Waals surface area contributed by atoms with Crippen LogP contribution in [0.1, 0.15) is 12.5 Å². The maximum Gasteiger partial charge on any atom is 0.126 e. The Balaban J connectivity index is 2.91. The van der Waals surface area contributed by atoms with Crippen molar-refractivity contribution in [1.82, 2.24) is 0 Å². The van der Waals surface area contributed by atoms with Crippen LogP contribution in [0.25, 0.3) is 6.08 Å². The van der Waals surface area contributed by atoms with Crippen LogP contribution >= 0.6 is 15.9 Å². The van der Waals surface area contributed by atoms with Crippen LogP contribution in [0.15, 0.2) is 23.2 Å². The van der Waals surface area contributed by atoms with E-state index in [0.717, 1.165) is 5.56 Å². The minimum atomic E-state index is 0.224. The highest BCUT2D eigenvalue weighted by Crippen LogP contribution is 2.24. The second-order valence-electron chi connectivity index (χ2n) is 2.45. The first-order valence-electron chi connectivity index (χ1n) is 4.00. The van der Waals surface area contributed by atoms with Crippen molar-refractivity contribution >= 4 is 22.0 Å². The molecule has 13 heavy (non-hydrogen) atoms. The zero-order valence-corrected chi connectivity index (χ0v) is 8.91. The molecule has 0 heterocycles. The third kappa shape index (κ3) is 2.77. The van der Waals surface area contributed by atoms with Gasteiger partial charge in [0.05, 0.1) is 6.61 Å². The standard InChI is InChI=1S/C10H11BrO2/c1-2-13-9-4-3-8(5-6-11)10(12)7-9/h3-7,12H,2H2,1H3/b6-5+. The number of ether oxygens (including phenoxy) is 1. The highest BCUT2D eigenvalue weighted by Gasteiger charge is 1.99. The van der Waals surface area contributed by atoms with Crippen LogP contribution in [0.5, 0.6) is 11.5 Å². The number of aromatic hydroxyl groups is 1. The lowest BCUT2D eigenvalue weighted by atomic mass is 10.2. The fraction of sp³-hybridized carbons (Fsp3) is 0.200. The largest absolute Gasteiger partial charge is 0.507 e. The maximum absolute atomic E-state index is 9.50. The molecule has 0 saturated heterocycles. The predicted molar refractivity (Wildman–Crippen MR) is 57.2 cm³/mol. The highest BCUT2D eigenvalue weighted by molar-refractivity contribution is 9.11. The number of phenols is 1. The molecule has 0 aliphatic rings. The Morgan fingerprint density at radius 2 is 2.31 bits per heavy atom. The molecule has 0 saturated carbocycles. The van der Waals surface area contributed by atoms with Gasteiger partial charge < -0.3 is 9.84 Å². The Morgan fingerprint density at radius 3 is 2.85 bits per heavy atom. The first kappa shape index (κ1) is 10.1. The van der Waals surface area contributed by atoms with Crippen molar-refractivity contribution in [3.8, 4) is 11.5 Å². The lowest BCUT2D eigenvalue weighted by Crippen LogP contribution is -1.90. The second kappa shape index (κ2) is 4.92. The van der Waals surface area contributed by atoms with Crippen LogP contribution < -0.4 is 4.74 Å². The number of phenolic OH excluding ortho intramolecular Hbond substituents is 1. The van der Waals surface area contributed by atoms with Gasteiger partial charge >= 0.3 is 0 Å². The average molecular weight is 243 g/mol. The highest BCUT2D eigenvalue weighted by atomic mass is 79.9. The van der Waals surface area contributed by atoms with Gasteiger partial charge in [-0.3, -0.25) is 0 Å². The van der Waals surface area contributed by atoms with E-state index in [1.807, 2.05) is 13.0 Å². The minimum Gasteiger partial charge on any atom is -0.507 e. The molecule has 0 atom stereocenters. The zero-order valence-electron chi connectivity index (χ0n) is 7.33. The first-order valence-corrected chi connectivity index (χ1v) is 4.92. The molecule has 0 aliphatic heterocycles. The summed E-state index contributed by atoms with van der Waals surface area (Å²) in [4.78, 5) is 1.70. The van der Waals surface area contributed by atoms with Crippen LogP contribution in [-0.2, 0) is 0 Å². The van der Waals surface area contributed by atoms with E-state index >= 15 is 0 Å². The molecule has 0 radical (unpaired) electrons. The van der Waals surface area contributed by atoms with Crippen molar-refractivity contribution in [2.75, 3.05) is 6.61 Å². The topological polar surface area (TPSA) is 29.5 Å². The average Bonchev–Trinajstić information content (AvgIpc) is 2.10. The van der Waals surface area contributed by atoms with Crippen molar-refractivity contribution in [3.05, 3.63) is 28.7 Å². The molecule has 0 bridgehead atoms. The minimum absolute atomic E-state index is 0.224. The Bertz CT molecular complexity index is 308. The fourth-order valence-corrected chi connectivity index (χ4v) is 1.27. The molecule has 3 heteroatoms. The Morgan fingerprint density at radius 1 is 1.54 bits per heavy atom. The SMILES string of the molecule is CCOc1ccc(/C=C/Br)c(O)c1. The van der Waals surface area contributed by atoms with E-state index in [-0.39, 0.29) is 5.75 Å². The van der Waals surface area contributed by atoms with Gasteiger partial charge in [0.25, 0.3) is 0 Å². The van der Waals surface area contributed by atoms with E-state index in [2.05, 4.69) is 15.9 Å². The molecule has 0 amide bonds. The molecule has 0 fully saturated rings. The van der Waals surface area contributed by atoms with E-state index in [9.17, 15) is 5.11 Å². The lowest BCUT2D eigenvalue weighted by Gasteiger charge is -2.04. The summed E-state index contributed by atoms with van der Waals surface area (Å²) in [5.74, 6) is 0.911. The van der Waals surface area contributed by atoms with Crippen molar-refractivity contribution < 1.29 is 9.84 Å². The Kier molecular flexibility index (Phi) is 3.83. The van der Waals surface area contributed by atoms with Gasteiger partial charge in [0.15, 0.2) is 0 Å². The van der Waals surface area contributed by atoms with Crippen LogP contribution in [0.3, 0.4) is 0 Å². The van der Waals surface area contributed by atoms with E-state index in [0.29, 0.717) is 12.4 Å². The lowest BCUT2D eigenvalue weighted by molar-refractivity contribution is 0.337. The number of hydrogen-bond donors (Lipinski definition) is 1. The monoisotopic (exact) mass is 242 g/mol. The first-order chi connectivity index (χ1) is 6.27. The summed E-state index contributed by atoms with van der Waals surface area (Å²) in [7, 11) is 0. The molecule has 0 aromatic heterocycles. The molecule has 1 aromatic carbocycles. The maximum atomic E-state index is 9.50. The van der Waals surface area contributed by atoms with Crippen LogP contribution in [0.2, 0.25) is 0 Å². The molecule has 1 rings (SSSR count). The third-order valence-corrected chi connectivity index (χ3v) is 1.82. The molecular weight excluding hydrogens is 232 g/mol. The molecule has 70 valence electrons. The van der Waals surface area contributed by atoms with Gasteiger partial charge in [-0.1, -0.05) is 15.9 Å². The van der Waals surface area contributed by atoms with Crippen molar-refractivity contribution in [1.29, 1.82) is 0 Å². The molecule has 1 aromatic rings. The van der Waals surface area contributed by atoms with Gasteiger partial charge in [-0.05, 0) is 30.1 Å². The molecule has 0 unspecified atom stereocenters.